The molecular weight excluding hydrogens is 391 g/mol. The molecule has 0 aliphatic heterocycles. The van der Waals surface area contributed by atoms with Gasteiger partial charge in [-0.3, -0.25) is 4.79 Å². The number of carboxylic acids is 1. The minimum Gasteiger partial charge on any atom is -0.550 e. The van der Waals surface area contributed by atoms with Crippen molar-refractivity contribution in [2.24, 2.45) is 5.16 Å². The number of rotatable bonds is 0. The maximum atomic E-state index is 9.70. The number of nitrogens with one attached hydrogen (secondary N) is 1. The van der Waals surface area contributed by atoms with Gasteiger partial charge in [0.1, 0.15) is 22.4 Å². The molecule has 0 spiro atoms. The first-order valence-electron chi connectivity index (χ1n) is 6.59. The zero-order valence-corrected chi connectivity index (χ0v) is 20.9. The van der Waals surface area contributed by atoms with Gasteiger partial charge in [-0.15, -0.1) is 16.1 Å². The number of nitrogens with zero attached hydrogens (tertiary/aromatic N) is 1. The molecule has 0 atom stereocenters. The van der Waals surface area contributed by atoms with E-state index in [4.69, 9.17) is 20.3 Å². The van der Waals surface area contributed by atoms with Crippen LogP contribution in [0.3, 0.4) is 0 Å². The Balaban J connectivity index is -0.0000000764. The molecule has 0 aliphatic rings. The molecule has 0 aliphatic carbocycles. The maximum Gasteiger partial charge on any atom is 1.00 e. The van der Waals surface area contributed by atoms with Crippen molar-refractivity contribution < 1.29 is 54.7 Å². The van der Waals surface area contributed by atoms with Crippen LogP contribution in [0.2, 0.25) is 39.3 Å². The van der Waals surface area contributed by atoms with Gasteiger partial charge in [-0.25, -0.2) is 0 Å². The van der Waals surface area contributed by atoms with Crippen LogP contribution in [0.5, 0.6) is 0 Å². The van der Waals surface area contributed by atoms with Gasteiger partial charge in [-0.1, -0.05) is 50.4 Å². The smallest absolute Gasteiger partial charge is 0.550 e. The summed E-state index contributed by atoms with van der Waals surface area (Å²) in [6.07, 6.45) is 1.86. The van der Waals surface area contributed by atoms with E-state index in [1.165, 1.54) is 11.2 Å². The molecule has 0 bridgehead atoms. The molecule has 0 saturated heterocycles. The van der Waals surface area contributed by atoms with Crippen molar-refractivity contribution in [1.29, 1.82) is 0 Å². The Bertz CT molecular complexity index is 480. The molecule has 0 radical (unpaired) electrons. The molecule has 0 heterocycles. The Morgan fingerprint density at radius 1 is 1.12 bits per heavy atom. The number of carbonyl (C=O) groups is 2. The topological polar surface area (TPSA) is 122 Å². The second kappa shape index (κ2) is 23.4. The number of aliphatic carboxylic acids is 1. The van der Waals surface area contributed by atoms with Crippen molar-refractivity contribution >= 4 is 46.4 Å². The van der Waals surface area contributed by atoms with E-state index >= 15 is 0 Å². The fraction of sp³-hybridized carbons (Fsp3) is 0.500. The van der Waals surface area contributed by atoms with Crippen LogP contribution < -0.4 is 39.7 Å². The standard InChI is InChI=1S/C6H11NOSi.C6H10OSi.C2H4O2.ClH2NO.Na/c1-9(2,3)6-4-5-7-8;1-8(2,3)6-4-5-7;1-2(3)4;1-2-3;/h5,8H,1-3H3;5H,1-3H3;1H3,(H,3,4);2-3H;/q;;;;+1/p-1. The minimum atomic E-state index is -1.27. The molecule has 7 nitrogen and oxygen atoms in total. The van der Waals surface area contributed by atoms with E-state index in [2.05, 4.69) is 79.1 Å². The van der Waals surface area contributed by atoms with Crippen molar-refractivity contribution in [2.75, 3.05) is 0 Å². The van der Waals surface area contributed by atoms with Gasteiger partial charge in [0, 0.05) is 17.7 Å². The molecule has 0 rings (SSSR count). The Morgan fingerprint density at radius 2 is 1.40 bits per heavy atom. The molecule has 0 aromatic carbocycles. The SMILES string of the molecule is CC(=O)[O-].C[Si](C)(C)C#CC=NO.C[Si](C)(C)C#CC=O.ONCl.[Na+]. The van der Waals surface area contributed by atoms with Crippen molar-refractivity contribution in [2.45, 2.75) is 46.2 Å². The summed E-state index contributed by atoms with van der Waals surface area (Å²) in [5.74, 6) is 3.98. The van der Waals surface area contributed by atoms with Crippen molar-refractivity contribution in [3.63, 3.8) is 0 Å². The number of aldehydes is 1. The third-order valence-corrected chi connectivity index (χ3v) is 2.86. The van der Waals surface area contributed by atoms with Crippen molar-refractivity contribution in [1.82, 2.24) is 5.00 Å². The Kier molecular flexibility index (Phi) is 33.2. The Labute approximate surface area is 179 Å². The number of carboxylic acid groups (broad SMARTS) is 1. The van der Waals surface area contributed by atoms with Gasteiger partial charge in [-0.2, -0.15) is 0 Å². The second-order valence-corrected chi connectivity index (χ2v) is 15.6. The van der Waals surface area contributed by atoms with Gasteiger partial charge in [0.2, 0.25) is 0 Å². The summed E-state index contributed by atoms with van der Waals surface area (Å²) in [4.78, 5) is 19.8. The fourth-order valence-corrected chi connectivity index (χ4v) is 1.51. The largest absolute Gasteiger partial charge is 1.00 e. The summed E-state index contributed by atoms with van der Waals surface area (Å²) < 4.78 is 0. The van der Waals surface area contributed by atoms with Crippen LogP contribution in [0.15, 0.2) is 5.16 Å². The van der Waals surface area contributed by atoms with E-state index in [9.17, 15) is 4.79 Å². The van der Waals surface area contributed by atoms with E-state index in [-0.39, 0.29) is 29.6 Å². The van der Waals surface area contributed by atoms with Crippen molar-refractivity contribution in [3.8, 4) is 22.9 Å². The molecule has 0 aromatic heterocycles. The quantitative estimate of drug-likeness (QED) is 0.0820. The average molecular weight is 417 g/mol. The van der Waals surface area contributed by atoms with Crippen LogP contribution in [-0.2, 0) is 9.59 Å². The van der Waals surface area contributed by atoms with Gasteiger partial charge in [0.05, 0.1) is 0 Å². The van der Waals surface area contributed by atoms with Crippen molar-refractivity contribution in [3.05, 3.63) is 0 Å². The molecule has 0 fully saturated rings. The third kappa shape index (κ3) is 99.2. The van der Waals surface area contributed by atoms with E-state index < -0.39 is 22.1 Å². The minimum absolute atomic E-state index is 0. The summed E-state index contributed by atoms with van der Waals surface area (Å²) in [5, 5.41) is 26.7. The molecule has 3 N–H and O–H groups in total. The zero-order chi connectivity index (χ0) is 20.2. The number of halogens is 1. The van der Waals surface area contributed by atoms with E-state index in [1.54, 1.807) is 0 Å². The Hall–Kier alpha value is -0.626. The first-order chi connectivity index (χ1) is 10.8. The molecule has 0 amide bonds. The second-order valence-electron chi connectivity index (χ2n) is 5.98. The number of carbonyl (C=O) groups excluding carboxylic acids is 2. The summed E-state index contributed by atoms with van der Waals surface area (Å²) in [5.41, 5.74) is 5.89. The molecule has 0 unspecified atom stereocenters. The fourth-order valence-electron chi connectivity index (χ4n) is 0.524. The van der Waals surface area contributed by atoms with Gasteiger partial charge in [0.25, 0.3) is 0 Å². The molecule has 0 aromatic rings. The molecular formula is C14H26ClN2NaO5Si2. The molecule has 0 saturated carbocycles. The van der Waals surface area contributed by atoms with Crippen LogP contribution in [0.1, 0.15) is 6.92 Å². The molecule has 11 heteroatoms. The van der Waals surface area contributed by atoms with Gasteiger partial charge >= 0.3 is 29.6 Å². The first-order valence-corrected chi connectivity index (χ1v) is 14.0. The van der Waals surface area contributed by atoms with Crippen LogP contribution in [0.4, 0.5) is 0 Å². The zero-order valence-electron chi connectivity index (χ0n) is 16.1. The van der Waals surface area contributed by atoms with E-state index in [0.29, 0.717) is 6.29 Å². The average Bonchev–Trinajstić information content (AvgIpc) is 2.35. The van der Waals surface area contributed by atoms with Crippen LogP contribution in [0, 0.1) is 22.9 Å². The first kappa shape index (κ1) is 35.5. The molecule has 25 heavy (non-hydrogen) atoms. The van der Waals surface area contributed by atoms with Crippen LogP contribution >= 0.6 is 11.8 Å². The maximum absolute atomic E-state index is 9.70. The summed E-state index contributed by atoms with van der Waals surface area (Å²) in [6, 6.07) is 0. The summed E-state index contributed by atoms with van der Waals surface area (Å²) >= 11 is 4.30. The number of oxime groups is 1. The van der Waals surface area contributed by atoms with Crippen LogP contribution in [-0.4, -0.2) is 45.0 Å². The Morgan fingerprint density at radius 3 is 1.56 bits per heavy atom. The van der Waals surface area contributed by atoms with Gasteiger partial charge < -0.3 is 20.3 Å². The van der Waals surface area contributed by atoms with Gasteiger partial charge in [-0.05, 0) is 12.8 Å². The monoisotopic (exact) mass is 416 g/mol. The van der Waals surface area contributed by atoms with E-state index in [0.717, 1.165) is 6.92 Å². The normalized spacial score (nSPS) is 8.68. The number of hydrogen-bond acceptors (Lipinski definition) is 7. The summed E-state index contributed by atoms with van der Waals surface area (Å²) in [7, 11) is -2.53. The predicted octanol–water partition coefficient (Wildman–Crippen LogP) is -1.73. The third-order valence-electron chi connectivity index (χ3n) is 1.08. The van der Waals surface area contributed by atoms with E-state index in [1.807, 2.05) is 0 Å². The van der Waals surface area contributed by atoms with Crippen LogP contribution in [0.25, 0.3) is 0 Å². The summed E-state index contributed by atoms with van der Waals surface area (Å²) in [6.45, 7) is 13.7. The predicted molar refractivity (Wildman–Crippen MR) is 100 cm³/mol. The number of hydrogen-bond donors (Lipinski definition) is 3. The van der Waals surface area contributed by atoms with Gasteiger partial charge in [0.15, 0.2) is 6.29 Å². The molecule has 138 valence electrons.